The van der Waals surface area contributed by atoms with Gasteiger partial charge in [-0.2, -0.15) is 5.10 Å². The topological polar surface area (TPSA) is 71.4 Å². The first kappa shape index (κ1) is 19.0. The van der Waals surface area contributed by atoms with Crippen molar-refractivity contribution >= 4 is 5.91 Å². The van der Waals surface area contributed by atoms with Crippen LogP contribution in [0, 0.1) is 5.92 Å². The number of benzene rings is 1. The van der Waals surface area contributed by atoms with E-state index in [1.54, 1.807) is 19.4 Å². The van der Waals surface area contributed by atoms with Crippen molar-refractivity contribution in [1.82, 2.24) is 15.1 Å². The number of hydrogen-bond acceptors (Lipinski definition) is 4. The number of hydrogen-bond donors (Lipinski definition) is 1. The van der Waals surface area contributed by atoms with Gasteiger partial charge in [0.1, 0.15) is 11.4 Å². The van der Waals surface area contributed by atoms with Gasteiger partial charge in [0.05, 0.1) is 13.4 Å². The predicted molar refractivity (Wildman–Crippen MR) is 113 cm³/mol. The molecule has 1 saturated carbocycles. The molecule has 1 N–H and O–H groups in total. The SMILES string of the molecule is COc1ccc2c(c1)CN(C(=O)c1cc(-c3ccco3)[nH]n1)C(C1CCCCC1)C2. The van der Waals surface area contributed by atoms with Crippen molar-refractivity contribution < 1.29 is 13.9 Å². The molecule has 1 aliphatic heterocycles. The van der Waals surface area contributed by atoms with Crippen LogP contribution >= 0.6 is 0 Å². The van der Waals surface area contributed by atoms with Gasteiger partial charge in [0.15, 0.2) is 11.5 Å². The van der Waals surface area contributed by atoms with Crippen molar-refractivity contribution in [1.29, 1.82) is 0 Å². The third kappa shape index (κ3) is 3.51. The average Bonchev–Trinajstić information content (AvgIpc) is 3.50. The molecule has 0 bridgehead atoms. The molecular weight excluding hydrogens is 378 g/mol. The summed E-state index contributed by atoms with van der Waals surface area (Å²) in [6.45, 7) is 0.593. The maximum atomic E-state index is 13.6. The van der Waals surface area contributed by atoms with Gasteiger partial charge in [-0.25, -0.2) is 0 Å². The Bertz CT molecular complexity index is 1020. The minimum absolute atomic E-state index is 0.0203. The highest BCUT2D eigenvalue weighted by molar-refractivity contribution is 5.93. The molecule has 0 spiro atoms. The van der Waals surface area contributed by atoms with Crippen molar-refractivity contribution in [3.8, 4) is 17.2 Å². The molecule has 5 rings (SSSR count). The number of aromatic amines is 1. The number of methoxy groups -OCH3 is 1. The fourth-order valence-corrected chi connectivity index (χ4v) is 5.01. The number of carbonyl (C=O) groups is 1. The summed E-state index contributed by atoms with van der Waals surface area (Å²) in [7, 11) is 1.68. The third-order valence-corrected chi connectivity index (χ3v) is 6.62. The fourth-order valence-electron chi connectivity index (χ4n) is 5.01. The van der Waals surface area contributed by atoms with Gasteiger partial charge in [-0.05, 0) is 60.6 Å². The quantitative estimate of drug-likeness (QED) is 0.675. The monoisotopic (exact) mass is 405 g/mol. The van der Waals surface area contributed by atoms with Crippen LogP contribution in [0.3, 0.4) is 0 Å². The van der Waals surface area contributed by atoms with E-state index in [1.807, 2.05) is 23.1 Å². The maximum absolute atomic E-state index is 13.6. The van der Waals surface area contributed by atoms with Crippen LogP contribution in [0.25, 0.3) is 11.5 Å². The second kappa shape index (κ2) is 8.01. The van der Waals surface area contributed by atoms with Gasteiger partial charge in [0.25, 0.3) is 5.91 Å². The lowest BCUT2D eigenvalue weighted by atomic mass is 9.78. The zero-order valence-electron chi connectivity index (χ0n) is 17.3. The van der Waals surface area contributed by atoms with Crippen LogP contribution in [0.5, 0.6) is 5.75 Å². The summed E-state index contributed by atoms with van der Waals surface area (Å²) < 4.78 is 10.9. The number of H-pyrrole nitrogens is 1. The first-order valence-electron chi connectivity index (χ1n) is 10.8. The largest absolute Gasteiger partial charge is 0.497 e. The summed E-state index contributed by atoms with van der Waals surface area (Å²) in [5.74, 6) is 2.03. The molecule has 156 valence electrons. The lowest BCUT2D eigenvalue weighted by Crippen LogP contribution is -2.48. The van der Waals surface area contributed by atoms with Crippen LogP contribution in [-0.2, 0) is 13.0 Å². The van der Waals surface area contributed by atoms with Crippen LogP contribution < -0.4 is 4.74 Å². The molecule has 1 aliphatic carbocycles. The second-order valence-corrected chi connectivity index (χ2v) is 8.38. The van der Waals surface area contributed by atoms with E-state index in [2.05, 4.69) is 22.3 Å². The Hall–Kier alpha value is -3.02. The highest BCUT2D eigenvalue weighted by Crippen LogP contribution is 2.36. The molecule has 2 aliphatic rings. The third-order valence-electron chi connectivity index (χ3n) is 6.62. The molecule has 1 fully saturated rings. The number of furan rings is 1. The minimum atomic E-state index is -0.0203. The molecule has 3 aromatic rings. The zero-order chi connectivity index (χ0) is 20.5. The number of fused-ring (bicyclic) bond motifs is 1. The number of rotatable bonds is 4. The summed E-state index contributed by atoms with van der Waals surface area (Å²) in [5.41, 5.74) is 3.65. The van der Waals surface area contributed by atoms with Gasteiger partial charge >= 0.3 is 0 Å². The average molecular weight is 405 g/mol. The number of amides is 1. The molecule has 6 heteroatoms. The molecule has 2 aromatic heterocycles. The second-order valence-electron chi connectivity index (χ2n) is 8.38. The summed E-state index contributed by atoms with van der Waals surface area (Å²) in [4.78, 5) is 15.6. The van der Waals surface area contributed by atoms with E-state index >= 15 is 0 Å². The summed E-state index contributed by atoms with van der Waals surface area (Å²) in [5, 5.41) is 7.26. The Morgan fingerprint density at radius 3 is 2.80 bits per heavy atom. The predicted octanol–water partition coefficient (Wildman–Crippen LogP) is 4.83. The number of carbonyl (C=O) groups excluding carboxylic acids is 1. The Balaban J connectivity index is 1.47. The van der Waals surface area contributed by atoms with Crippen LogP contribution in [0.4, 0.5) is 0 Å². The van der Waals surface area contributed by atoms with Crippen LogP contribution in [0.1, 0.15) is 53.7 Å². The normalized spacial score (nSPS) is 19.5. The van der Waals surface area contributed by atoms with Gasteiger partial charge in [0, 0.05) is 18.7 Å². The van der Waals surface area contributed by atoms with Crippen molar-refractivity contribution in [2.24, 2.45) is 5.92 Å². The summed E-state index contributed by atoms with van der Waals surface area (Å²) in [6.07, 6.45) is 8.71. The Kier molecular flexibility index (Phi) is 5.07. The summed E-state index contributed by atoms with van der Waals surface area (Å²) >= 11 is 0. The van der Waals surface area contributed by atoms with E-state index in [9.17, 15) is 4.79 Å². The molecule has 1 atom stereocenters. The number of nitrogens with one attached hydrogen (secondary N) is 1. The van der Waals surface area contributed by atoms with Crippen LogP contribution in [0.2, 0.25) is 0 Å². The molecule has 1 unspecified atom stereocenters. The van der Waals surface area contributed by atoms with Crippen LogP contribution in [0.15, 0.2) is 47.1 Å². The molecule has 6 nitrogen and oxygen atoms in total. The Morgan fingerprint density at radius 2 is 2.03 bits per heavy atom. The van der Waals surface area contributed by atoms with E-state index in [0.717, 1.165) is 23.4 Å². The number of aromatic nitrogens is 2. The Labute approximate surface area is 176 Å². The summed E-state index contributed by atoms with van der Waals surface area (Å²) in [6, 6.07) is 11.9. The van der Waals surface area contributed by atoms with E-state index < -0.39 is 0 Å². The smallest absolute Gasteiger partial charge is 0.274 e. The zero-order valence-corrected chi connectivity index (χ0v) is 17.3. The molecule has 30 heavy (non-hydrogen) atoms. The van der Waals surface area contributed by atoms with Crippen molar-refractivity contribution in [2.45, 2.75) is 51.1 Å². The van der Waals surface area contributed by atoms with Crippen molar-refractivity contribution in [3.05, 3.63) is 59.5 Å². The van der Waals surface area contributed by atoms with Gasteiger partial charge < -0.3 is 14.1 Å². The Morgan fingerprint density at radius 1 is 1.17 bits per heavy atom. The standard InChI is InChI=1S/C24H27N3O3/c1-29-19-10-9-17-13-22(16-6-3-2-4-7-16)27(15-18(17)12-19)24(28)21-14-20(25-26-21)23-8-5-11-30-23/h5,8-12,14,16,22H,2-4,6-7,13,15H2,1H3,(H,25,26). The van der Waals surface area contributed by atoms with Gasteiger partial charge in [0.2, 0.25) is 0 Å². The molecule has 3 heterocycles. The molecule has 0 saturated heterocycles. The van der Waals surface area contributed by atoms with Gasteiger partial charge in [-0.3, -0.25) is 9.89 Å². The van der Waals surface area contributed by atoms with Gasteiger partial charge in [-0.15, -0.1) is 0 Å². The maximum Gasteiger partial charge on any atom is 0.274 e. The van der Waals surface area contributed by atoms with E-state index in [-0.39, 0.29) is 11.9 Å². The number of nitrogens with zero attached hydrogens (tertiary/aromatic N) is 2. The highest BCUT2D eigenvalue weighted by atomic mass is 16.5. The number of ether oxygens (including phenoxy) is 1. The fraction of sp³-hybridized carbons (Fsp3) is 0.417. The van der Waals surface area contributed by atoms with Crippen LogP contribution in [-0.4, -0.2) is 34.2 Å². The lowest BCUT2D eigenvalue weighted by Gasteiger charge is -2.42. The molecule has 1 amide bonds. The van der Waals surface area contributed by atoms with Gasteiger partial charge in [-0.1, -0.05) is 25.3 Å². The minimum Gasteiger partial charge on any atom is -0.497 e. The van der Waals surface area contributed by atoms with Crippen molar-refractivity contribution in [3.63, 3.8) is 0 Å². The molecular formula is C24H27N3O3. The molecule has 1 aromatic carbocycles. The van der Waals surface area contributed by atoms with E-state index in [0.29, 0.717) is 23.9 Å². The highest BCUT2D eigenvalue weighted by Gasteiger charge is 2.37. The molecule has 0 radical (unpaired) electrons. The first-order chi connectivity index (χ1) is 14.7. The lowest BCUT2D eigenvalue weighted by molar-refractivity contribution is 0.0508. The van der Waals surface area contributed by atoms with E-state index in [1.165, 1.54) is 37.7 Å². The van der Waals surface area contributed by atoms with Crippen molar-refractivity contribution in [2.75, 3.05) is 7.11 Å². The first-order valence-corrected chi connectivity index (χ1v) is 10.8. The van der Waals surface area contributed by atoms with E-state index in [4.69, 9.17) is 9.15 Å².